The summed E-state index contributed by atoms with van der Waals surface area (Å²) in [5.74, 6) is 2.79. The summed E-state index contributed by atoms with van der Waals surface area (Å²) in [7, 11) is 1.71. The maximum Gasteiger partial charge on any atom is 0.0692 e. The van der Waals surface area contributed by atoms with Gasteiger partial charge in [-0.15, -0.1) is 6.42 Å². The van der Waals surface area contributed by atoms with Crippen molar-refractivity contribution in [2.45, 2.75) is 31.8 Å². The maximum atomic E-state index is 5.53. The Labute approximate surface area is 104 Å². The summed E-state index contributed by atoms with van der Waals surface area (Å²) in [6.45, 7) is 2.77. The highest BCUT2D eigenvalue weighted by molar-refractivity contribution is 5.20. The maximum absolute atomic E-state index is 5.53. The molecule has 0 radical (unpaired) electrons. The van der Waals surface area contributed by atoms with Crippen molar-refractivity contribution in [3.05, 3.63) is 35.9 Å². The van der Waals surface area contributed by atoms with E-state index in [9.17, 15) is 0 Å². The molecule has 0 aromatic heterocycles. The van der Waals surface area contributed by atoms with Gasteiger partial charge in [0.05, 0.1) is 18.7 Å². The first-order valence-corrected chi connectivity index (χ1v) is 6.07. The number of terminal acetylenes is 1. The Hall–Kier alpha value is -1.30. The monoisotopic (exact) mass is 231 g/mol. The van der Waals surface area contributed by atoms with Gasteiger partial charge in [0.15, 0.2) is 0 Å². The molecule has 0 fully saturated rings. The van der Waals surface area contributed by atoms with Gasteiger partial charge in [-0.05, 0) is 12.0 Å². The highest BCUT2D eigenvalue weighted by Gasteiger charge is 2.14. The molecule has 0 heterocycles. The quantitative estimate of drug-likeness (QED) is 0.729. The molecule has 2 unspecified atom stereocenters. The van der Waals surface area contributed by atoms with Crippen molar-refractivity contribution in [3.8, 4) is 12.3 Å². The number of benzene rings is 1. The van der Waals surface area contributed by atoms with Crippen LogP contribution in [0.2, 0.25) is 0 Å². The van der Waals surface area contributed by atoms with Crippen molar-refractivity contribution in [2.24, 2.45) is 0 Å². The second-order valence-electron chi connectivity index (χ2n) is 4.09. The van der Waals surface area contributed by atoms with Crippen LogP contribution >= 0.6 is 0 Å². The Bertz CT molecular complexity index is 342. The second kappa shape index (κ2) is 7.89. The largest absolute Gasteiger partial charge is 0.383 e. The van der Waals surface area contributed by atoms with Gasteiger partial charge in [0.1, 0.15) is 0 Å². The fraction of sp³-hybridized carbons (Fsp3) is 0.467. The van der Waals surface area contributed by atoms with Crippen LogP contribution < -0.4 is 5.32 Å². The standard InChI is InChI=1S/C15H21NO/c1-4-9-14(5-2)16-15(12-17-3)13-10-7-6-8-11-13/h2,6-8,10-11,14-16H,4,9,12H2,1,3H3. The van der Waals surface area contributed by atoms with E-state index >= 15 is 0 Å². The molecule has 1 aromatic rings. The smallest absolute Gasteiger partial charge is 0.0692 e. The molecule has 92 valence electrons. The van der Waals surface area contributed by atoms with E-state index in [1.165, 1.54) is 5.56 Å². The second-order valence-corrected chi connectivity index (χ2v) is 4.09. The highest BCUT2D eigenvalue weighted by atomic mass is 16.5. The summed E-state index contributed by atoms with van der Waals surface area (Å²) in [6, 6.07) is 10.5. The Morgan fingerprint density at radius 1 is 1.35 bits per heavy atom. The molecule has 1 N–H and O–H groups in total. The molecular weight excluding hydrogens is 210 g/mol. The molecule has 0 spiro atoms. The topological polar surface area (TPSA) is 21.3 Å². The lowest BCUT2D eigenvalue weighted by Gasteiger charge is -2.22. The average Bonchev–Trinajstić information content (AvgIpc) is 2.38. The lowest BCUT2D eigenvalue weighted by molar-refractivity contribution is 0.163. The fourth-order valence-electron chi connectivity index (χ4n) is 1.84. The van der Waals surface area contributed by atoms with Crippen LogP contribution in [-0.2, 0) is 4.74 Å². The van der Waals surface area contributed by atoms with Gasteiger partial charge in [0, 0.05) is 7.11 Å². The third-order valence-corrected chi connectivity index (χ3v) is 2.72. The summed E-state index contributed by atoms with van der Waals surface area (Å²) in [4.78, 5) is 0. The van der Waals surface area contributed by atoms with E-state index in [1.54, 1.807) is 7.11 Å². The predicted octanol–water partition coefficient (Wildman–Crippen LogP) is 2.77. The molecule has 0 aliphatic rings. The van der Waals surface area contributed by atoms with Crippen LogP contribution in [0.1, 0.15) is 31.4 Å². The van der Waals surface area contributed by atoms with Crippen molar-refractivity contribution in [1.29, 1.82) is 0 Å². The summed E-state index contributed by atoms with van der Waals surface area (Å²) in [5, 5.41) is 3.46. The third-order valence-electron chi connectivity index (χ3n) is 2.72. The molecule has 0 saturated carbocycles. The summed E-state index contributed by atoms with van der Waals surface area (Å²) < 4.78 is 5.25. The molecule has 2 nitrogen and oxygen atoms in total. The molecule has 2 heteroatoms. The predicted molar refractivity (Wildman–Crippen MR) is 71.7 cm³/mol. The summed E-state index contributed by atoms with van der Waals surface area (Å²) >= 11 is 0. The molecule has 0 aliphatic carbocycles. The van der Waals surface area contributed by atoms with Crippen LogP contribution in [0.25, 0.3) is 0 Å². The van der Waals surface area contributed by atoms with Crippen molar-refractivity contribution in [2.75, 3.05) is 13.7 Å². The number of methoxy groups -OCH3 is 1. The lowest BCUT2D eigenvalue weighted by Crippen LogP contribution is -2.34. The number of nitrogens with one attached hydrogen (secondary N) is 1. The van der Waals surface area contributed by atoms with Crippen LogP contribution in [0, 0.1) is 12.3 Å². The fourth-order valence-corrected chi connectivity index (χ4v) is 1.84. The zero-order chi connectivity index (χ0) is 12.5. The Kier molecular flexibility index (Phi) is 6.39. The van der Waals surface area contributed by atoms with Gasteiger partial charge in [-0.2, -0.15) is 0 Å². The van der Waals surface area contributed by atoms with Crippen LogP contribution in [0.3, 0.4) is 0 Å². The van der Waals surface area contributed by atoms with Gasteiger partial charge in [0.2, 0.25) is 0 Å². The van der Waals surface area contributed by atoms with Crippen molar-refractivity contribution >= 4 is 0 Å². The summed E-state index contributed by atoms with van der Waals surface area (Å²) in [6.07, 6.45) is 7.60. The van der Waals surface area contributed by atoms with Crippen LogP contribution in [0.4, 0.5) is 0 Å². The first-order valence-electron chi connectivity index (χ1n) is 6.07. The van der Waals surface area contributed by atoms with Gasteiger partial charge in [-0.1, -0.05) is 49.6 Å². The van der Waals surface area contributed by atoms with E-state index in [0.717, 1.165) is 12.8 Å². The van der Waals surface area contributed by atoms with Crippen LogP contribution in [0.5, 0.6) is 0 Å². The van der Waals surface area contributed by atoms with E-state index in [0.29, 0.717) is 6.61 Å². The number of ether oxygens (including phenoxy) is 1. The normalized spacial score (nSPS) is 13.9. The molecule has 1 aromatic carbocycles. The molecular formula is C15H21NO. The molecule has 17 heavy (non-hydrogen) atoms. The number of hydrogen-bond donors (Lipinski definition) is 1. The van der Waals surface area contributed by atoms with Crippen LogP contribution in [-0.4, -0.2) is 19.8 Å². The van der Waals surface area contributed by atoms with E-state index < -0.39 is 0 Å². The van der Waals surface area contributed by atoms with Gasteiger partial charge >= 0.3 is 0 Å². The Balaban J connectivity index is 2.70. The van der Waals surface area contributed by atoms with Gasteiger partial charge in [0.25, 0.3) is 0 Å². The number of rotatable bonds is 7. The first-order chi connectivity index (χ1) is 8.31. The Morgan fingerprint density at radius 3 is 2.59 bits per heavy atom. The SMILES string of the molecule is C#CC(CCC)NC(COC)c1ccccc1. The van der Waals surface area contributed by atoms with Gasteiger partial charge < -0.3 is 4.74 Å². The highest BCUT2D eigenvalue weighted by Crippen LogP contribution is 2.14. The average molecular weight is 231 g/mol. The molecule has 0 bridgehead atoms. The number of hydrogen-bond acceptors (Lipinski definition) is 2. The van der Waals surface area contributed by atoms with Crippen molar-refractivity contribution in [1.82, 2.24) is 5.32 Å². The molecule has 0 aliphatic heterocycles. The molecule has 2 atom stereocenters. The van der Waals surface area contributed by atoms with Crippen molar-refractivity contribution < 1.29 is 4.74 Å². The molecule has 0 saturated heterocycles. The van der Waals surface area contributed by atoms with E-state index in [-0.39, 0.29) is 12.1 Å². The third kappa shape index (κ3) is 4.60. The minimum atomic E-state index is 0.111. The van der Waals surface area contributed by atoms with Crippen molar-refractivity contribution in [3.63, 3.8) is 0 Å². The van der Waals surface area contributed by atoms with Crippen LogP contribution in [0.15, 0.2) is 30.3 Å². The van der Waals surface area contributed by atoms with E-state index in [4.69, 9.17) is 11.2 Å². The zero-order valence-electron chi connectivity index (χ0n) is 10.6. The zero-order valence-corrected chi connectivity index (χ0v) is 10.6. The van der Waals surface area contributed by atoms with Gasteiger partial charge in [-0.25, -0.2) is 0 Å². The minimum Gasteiger partial charge on any atom is -0.383 e. The van der Waals surface area contributed by atoms with E-state index in [2.05, 4.69) is 30.3 Å². The molecule has 1 rings (SSSR count). The van der Waals surface area contributed by atoms with Gasteiger partial charge in [-0.3, -0.25) is 5.32 Å². The first kappa shape index (κ1) is 13.8. The summed E-state index contributed by atoms with van der Waals surface area (Å²) in [5.41, 5.74) is 1.21. The lowest BCUT2D eigenvalue weighted by atomic mass is 10.1. The molecule has 0 amide bonds. The van der Waals surface area contributed by atoms with E-state index in [1.807, 2.05) is 18.2 Å². The minimum absolute atomic E-state index is 0.111. The Morgan fingerprint density at radius 2 is 2.06 bits per heavy atom.